The van der Waals surface area contributed by atoms with Gasteiger partial charge < -0.3 is 23.7 Å². The van der Waals surface area contributed by atoms with E-state index in [9.17, 15) is 24.0 Å². The molecular formula is C25H34O10S. The van der Waals surface area contributed by atoms with E-state index >= 15 is 0 Å². The van der Waals surface area contributed by atoms with E-state index in [1.54, 1.807) is 13.0 Å². The summed E-state index contributed by atoms with van der Waals surface area (Å²) in [7, 11) is 0. The quantitative estimate of drug-likeness (QED) is 0.275. The minimum Gasteiger partial charge on any atom is -0.462 e. The van der Waals surface area contributed by atoms with Crippen molar-refractivity contribution >= 4 is 41.6 Å². The van der Waals surface area contributed by atoms with Gasteiger partial charge in [0.1, 0.15) is 23.9 Å². The van der Waals surface area contributed by atoms with Crippen LogP contribution < -0.4 is 0 Å². The van der Waals surface area contributed by atoms with Crippen molar-refractivity contribution in [3.05, 3.63) is 11.6 Å². The summed E-state index contributed by atoms with van der Waals surface area (Å²) in [5.74, 6) is -4.60. The zero-order valence-corrected chi connectivity index (χ0v) is 22.5. The van der Waals surface area contributed by atoms with Gasteiger partial charge in [-0.25, -0.2) is 4.79 Å². The number of hydrogen-bond acceptors (Lipinski definition) is 11. The first kappa shape index (κ1) is 28.0. The number of hydrogen-bond donors (Lipinski definition) is 0. The minimum absolute atomic E-state index is 0.0215. The number of carbonyl (C=O) groups is 5. The third kappa shape index (κ3) is 5.26. The standard InChI is InChI=1S/C25H34O10S/c1-12-10-16(31-13(2)26)20-19(12)22-21(25(6,23(30)33-22)35-15(4)28)17(32-18(29)8-9-36-7)11-24(20,5)34-14(3)27/h10,16-17,19-22H,8-9,11H2,1-7H3. The second-order valence-electron chi connectivity index (χ2n) is 10.0. The maximum absolute atomic E-state index is 13.2. The first-order valence-corrected chi connectivity index (χ1v) is 13.3. The van der Waals surface area contributed by atoms with Crippen LogP contribution in [0.3, 0.4) is 0 Å². The fourth-order valence-corrected chi connectivity index (χ4v) is 6.49. The highest BCUT2D eigenvalue weighted by Crippen LogP contribution is 2.56. The molecule has 0 N–H and O–H groups in total. The Hall–Kier alpha value is -2.56. The number of fused-ring (bicyclic) bond motifs is 3. The smallest absolute Gasteiger partial charge is 0.351 e. The van der Waals surface area contributed by atoms with Crippen molar-refractivity contribution in [2.45, 2.75) is 83.9 Å². The van der Waals surface area contributed by atoms with Crippen molar-refractivity contribution in [3.8, 4) is 0 Å². The van der Waals surface area contributed by atoms with Crippen LogP contribution in [0.5, 0.6) is 0 Å². The topological polar surface area (TPSA) is 132 Å². The second-order valence-corrected chi connectivity index (χ2v) is 11.0. The molecule has 0 aromatic carbocycles. The summed E-state index contributed by atoms with van der Waals surface area (Å²) >= 11 is 1.48. The lowest BCUT2D eigenvalue weighted by Gasteiger charge is -2.40. The average molecular weight is 527 g/mol. The van der Waals surface area contributed by atoms with E-state index < -0.39 is 77.1 Å². The highest BCUT2D eigenvalue weighted by atomic mass is 32.2. The molecule has 0 spiro atoms. The van der Waals surface area contributed by atoms with Crippen LogP contribution in [0.2, 0.25) is 0 Å². The average Bonchev–Trinajstić information content (AvgIpc) is 3.13. The number of ether oxygens (including phenoxy) is 5. The SMILES string of the molecule is CSCCC(=O)OC1CC(C)(OC(C)=O)C2C(OC(C)=O)C=C(C)C2C2OC(=O)C(C)(OC(C)=O)C12. The Bertz CT molecular complexity index is 976. The van der Waals surface area contributed by atoms with Crippen LogP contribution in [0.4, 0.5) is 0 Å². The van der Waals surface area contributed by atoms with Gasteiger partial charge in [-0.3, -0.25) is 19.2 Å². The van der Waals surface area contributed by atoms with Crippen molar-refractivity contribution < 1.29 is 47.7 Å². The molecule has 10 nitrogen and oxygen atoms in total. The van der Waals surface area contributed by atoms with Gasteiger partial charge in [0.2, 0.25) is 5.60 Å². The molecule has 1 saturated carbocycles. The number of rotatable bonds is 7. The molecule has 36 heavy (non-hydrogen) atoms. The van der Waals surface area contributed by atoms with Gasteiger partial charge in [-0.15, -0.1) is 0 Å². The van der Waals surface area contributed by atoms with Crippen molar-refractivity contribution in [2.24, 2.45) is 17.8 Å². The molecule has 0 aromatic heterocycles. The Balaban J connectivity index is 2.17. The van der Waals surface area contributed by atoms with Crippen LogP contribution in [0.15, 0.2) is 11.6 Å². The largest absolute Gasteiger partial charge is 0.462 e. The Labute approximate surface area is 214 Å². The molecule has 8 unspecified atom stereocenters. The highest BCUT2D eigenvalue weighted by molar-refractivity contribution is 7.98. The summed E-state index contributed by atoms with van der Waals surface area (Å²) in [6.07, 6.45) is 1.06. The van der Waals surface area contributed by atoms with E-state index in [1.807, 2.05) is 13.2 Å². The van der Waals surface area contributed by atoms with Gasteiger partial charge in [-0.2, -0.15) is 11.8 Å². The van der Waals surface area contributed by atoms with Crippen LogP contribution in [0.1, 0.15) is 54.4 Å². The molecule has 1 aliphatic heterocycles. The molecule has 2 aliphatic carbocycles. The van der Waals surface area contributed by atoms with E-state index in [2.05, 4.69) is 0 Å². The molecule has 0 aromatic rings. The maximum atomic E-state index is 13.2. The van der Waals surface area contributed by atoms with Crippen LogP contribution in [0.25, 0.3) is 0 Å². The van der Waals surface area contributed by atoms with Crippen molar-refractivity contribution in [1.29, 1.82) is 0 Å². The summed E-state index contributed by atoms with van der Waals surface area (Å²) in [4.78, 5) is 62.2. The van der Waals surface area contributed by atoms with E-state index in [0.717, 1.165) is 5.57 Å². The third-order valence-electron chi connectivity index (χ3n) is 7.23. The van der Waals surface area contributed by atoms with E-state index in [4.69, 9.17) is 23.7 Å². The first-order valence-electron chi connectivity index (χ1n) is 11.9. The predicted molar refractivity (Wildman–Crippen MR) is 127 cm³/mol. The fraction of sp³-hybridized carbons (Fsp3) is 0.720. The van der Waals surface area contributed by atoms with Crippen LogP contribution >= 0.6 is 11.8 Å². The Morgan fingerprint density at radius 3 is 2.22 bits per heavy atom. The molecule has 2 fully saturated rings. The lowest BCUT2D eigenvalue weighted by molar-refractivity contribution is -0.186. The van der Waals surface area contributed by atoms with Crippen LogP contribution in [0, 0.1) is 17.8 Å². The van der Waals surface area contributed by atoms with Crippen molar-refractivity contribution in [3.63, 3.8) is 0 Å². The summed E-state index contributed by atoms with van der Waals surface area (Å²) in [5, 5.41) is 0. The van der Waals surface area contributed by atoms with Gasteiger partial charge in [0.05, 0.1) is 12.3 Å². The molecule has 1 saturated heterocycles. The lowest BCUT2D eigenvalue weighted by atomic mass is 9.74. The Kier molecular flexibility index (Phi) is 8.12. The predicted octanol–water partition coefficient (Wildman–Crippen LogP) is 2.36. The van der Waals surface area contributed by atoms with Crippen molar-refractivity contribution in [1.82, 2.24) is 0 Å². The van der Waals surface area contributed by atoms with Gasteiger partial charge in [0, 0.05) is 44.8 Å². The van der Waals surface area contributed by atoms with Gasteiger partial charge in [0.15, 0.2) is 0 Å². The highest BCUT2D eigenvalue weighted by Gasteiger charge is 2.69. The molecule has 3 aliphatic rings. The molecule has 11 heteroatoms. The number of carbonyl (C=O) groups excluding carboxylic acids is 5. The first-order chi connectivity index (χ1) is 16.7. The second kappa shape index (κ2) is 10.4. The summed E-state index contributed by atoms with van der Waals surface area (Å²) in [6.45, 7) is 8.69. The summed E-state index contributed by atoms with van der Waals surface area (Å²) < 4.78 is 28.8. The molecule has 0 bridgehead atoms. The van der Waals surface area contributed by atoms with E-state index in [0.29, 0.717) is 5.75 Å². The maximum Gasteiger partial charge on any atom is 0.351 e. The Morgan fingerprint density at radius 1 is 1.03 bits per heavy atom. The van der Waals surface area contributed by atoms with E-state index in [-0.39, 0.29) is 12.8 Å². The summed E-state index contributed by atoms with van der Waals surface area (Å²) in [5.41, 5.74) is -2.26. The number of esters is 5. The molecular weight excluding hydrogens is 492 g/mol. The lowest BCUT2D eigenvalue weighted by Crippen LogP contribution is -2.51. The third-order valence-corrected chi connectivity index (χ3v) is 7.84. The monoisotopic (exact) mass is 526 g/mol. The molecule has 0 radical (unpaired) electrons. The molecule has 8 atom stereocenters. The molecule has 0 amide bonds. The van der Waals surface area contributed by atoms with Crippen molar-refractivity contribution in [2.75, 3.05) is 12.0 Å². The van der Waals surface area contributed by atoms with E-state index in [1.165, 1.54) is 39.5 Å². The molecule has 3 rings (SSSR count). The zero-order chi connectivity index (χ0) is 27.0. The van der Waals surface area contributed by atoms with Crippen LogP contribution in [-0.2, 0) is 47.7 Å². The van der Waals surface area contributed by atoms with Gasteiger partial charge in [-0.1, -0.05) is 5.57 Å². The Morgan fingerprint density at radius 2 is 1.67 bits per heavy atom. The molecule has 200 valence electrons. The van der Waals surface area contributed by atoms with Gasteiger partial charge >= 0.3 is 29.8 Å². The molecule has 1 heterocycles. The van der Waals surface area contributed by atoms with Gasteiger partial charge in [-0.05, 0) is 33.1 Å². The zero-order valence-electron chi connectivity index (χ0n) is 21.7. The van der Waals surface area contributed by atoms with Crippen LogP contribution in [-0.4, -0.2) is 71.4 Å². The summed E-state index contributed by atoms with van der Waals surface area (Å²) in [6, 6.07) is 0. The minimum atomic E-state index is -1.74. The normalized spacial score (nSPS) is 37.0. The fourth-order valence-electron chi connectivity index (χ4n) is 6.11. The van der Waals surface area contributed by atoms with Gasteiger partial charge in [0.25, 0.3) is 0 Å². The number of thioether (sulfide) groups is 1.